The summed E-state index contributed by atoms with van der Waals surface area (Å²) in [5.41, 5.74) is 7.22. The summed E-state index contributed by atoms with van der Waals surface area (Å²) < 4.78 is 8.66. The molecular weight excluding hydrogens is 356 g/mol. The first-order valence-electron chi connectivity index (χ1n) is 10.1. The minimum Gasteiger partial charge on any atom is -0.378 e. The standard InChI is InChI=1S/C26H28N2O/c1-5-29-26(20-15-17-21(18-16-20)27(2)3)24-22-13-9-10-14-23(22)28(4)25(24)19-11-7-6-8-12-19/h6-18,26H,5H2,1-4H3. The topological polar surface area (TPSA) is 17.4 Å². The second-order valence-electron chi connectivity index (χ2n) is 7.53. The molecule has 1 heterocycles. The molecule has 1 aromatic heterocycles. The molecule has 29 heavy (non-hydrogen) atoms. The molecule has 148 valence electrons. The number of hydrogen-bond acceptors (Lipinski definition) is 2. The Morgan fingerprint density at radius 3 is 2.17 bits per heavy atom. The van der Waals surface area contributed by atoms with E-state index in [4.69, 9.17) is 4.74 Å². The summed E-state index contributed by atoms with van der Waals surface area (Å²) >= 11 is 0. The Labute approximate surface area is 173 Å². The average molecular weight is 385 g/mol. The van der Waals surface area contributed by atoms with E-state index in [1.54, 1.807) is 0 Å². The summed E-state index contributed by atoms with van der Waals surface area (Å²) in [4.78, 5) is 2.12. The first-order chi connectivity index (χ1) is 14.1. The molecule has 4 aromatic rings. The van der Waals surface area contributed by atoms with Gasteiger partial charge in [0.25, 0.3) is 0 Å². The van der Waals surface area contributed by atoms with Crippen molar-refractivity contribution in [1.29, 1.82) is 0 Å². The number of anilines is 1. The van der Waals surface area contributed by atoms with Crippen molar-refractivity contribution in [2.45, 2.75) is 13.0 Å². The van der Waals surface area contributed by atoms with E-state index in [2.05, 4.69) is 116 Å². The quantitative estimate of drug-likeness (QED) is 0.403. The van der Waals surface area contributed by atoms with Gasteiger partial charge in [0.05, 0.1) is 5.69 Å². The zero-order chi connectivity index (χ0) is 20.4. The lowest BCUT2D eigenvalue weighted by molar-refractivity contribution is 0.0926. The van der Waals surface area contributed by atoms with Crippen molar-refractivity contribution >= 4 is 16.6 Å². The fourth-order valence-corrected chi connectivity index (χ4v) is 4.09. The van der Waals surface area contributed by atoms with E-state index in [1.807, 2.05) is 0 Å². The highest BCUT2D eigenvalue weighted by molar-refractivity contribution is 5.92. The zero-order valence-corrected chi connectivity index (χ0v) is 17.6. The van der Waals surface area contributed by atoms with Crippen molar-refractivity contribution in [3.63, 3.8) is 0 Å². The third-order valence-corrected chi connectivity index (χ3v) is 5.50. The molecule has 3 heteroatoms. The van der Waals surface area contributed by atoms with E-state index in [9.17, 15) is 0 Å². The van der Waals surface area contributed by atoms with Gasteiger partial charge in [-0.05, 0) is 36.2 Å². The van der Waals surface area contributed by atoms with Crippen LogP contribution in [0.25, 0.3) is 22.2 Å². The Morgan fingerprint density at radius 1 is 0.862 bits per heavy atom. The summed E-state index contributed by atoms with van der Waals surface area (Å²) in [5.74, 6) is 0. The summed E-state index contributed by atoms with van der Waals surface area (Å²) in [5, 5.41) is 1.24. The number of para-hydroxylation sites is 1. The van der Waals surface area contributed by atoms with E-state index >= 15 is 0 Å². The van der Waals surface area contributed by atoms with Crippen molar-refractivity contribution in [2.75, 3.05) is 25.6 Å². The number of ether oxygens (including phenoxy) is 1. The van der Waals surface area contributed by atoms with Gasteiger partial charge >= 0.3 is 0 Å². The minimum absolute atomic E-state index is 0.127. The number of hydrogen-bond donors (Lipinski definition) is 0. The summed E-state index contributed by atoms with van der Waals surface area (Å²) in [7, 11) is 6.27. The van der Waals surface area contributed by atoms with Crippen LogP contribution in [0, 0.1) is 0 Å². The van der Waals surface area contributed by atoms with E-state index < -0.39 is 0 Å². The third-order valence-electron chi connectivity index (χ3n) is 5.50. The van der Waals surface area contributed by atoms with Crippen LogP contribution in [0.15, 0.2) is 78.9 Å². The number of fused-ring (bicyclic) bond motifs is 1. The second-order valence-corrected chi connectivity index (χ2v) is 7.53. The van der Waals surface area contributed by atoms with Crippen LogP contribution < -0.4 is 4.90 Å². The molecule has 0 fully saturated rings. The van der Waals surface area contributed by atoms with Crippen LogP contribution in [0.3, 0.4) is 0 Å². The number of nitrogens with zero attached hydrogens (tertiary/aromatic N) is 2. The Kier molecular flexibility index (Phi) is 5.41. The van der Waals surface area contributed by atoms with Crippen LogP contribution in [0.1, 0.15) is 24.2 Å². The van der Waals surface area contributed by atoms with Gasteiger partial charge in [-0.2, -0.15) is 0 Å². The lowest BCUT2D eigenvalue weighted by Gasteiger charge is -2.21. The second kappa shape index (κ2) is 8.14. The Balaban J connectivity index is 1.96. The smallest absolute Gasteiger partial charge is 0.110 e. The highest BCUT2D eigenvalue weighted by atomic mass is 16.5. The predicted octanol–water partition coefficient (Wildman–Crippen LogP) is 6.04. The molecular formula is C26H28N2O. The molecule has 0 radical (unpaired) electrons. The number of aryl methyl sites for hydroxylation is 1. The van der Waals surface area contributed by atoms with Gasteiger partial charge in [-0.25, -0.2) is 0 Å². The number of aromatic nitrogens is 1. The summed E-state index contributed by atoms with van der Waals surface area (Å²) in [6.45, 7) is 2.71. The van der Waals surface area contributed by atoms with Crippen LogP contribution in [0.2, 0.25) is 0 Å². The first kappa shape index (κ1) is 19.3. The van der Waals surface area contributed by atoms with Crippen LogP contribution in [-0.2, 0) is 11.8 Å². The van der Waals surface area contributed by atoms with Gasteiger partial charge in [-0.15, -0.1) is 0 Å². The number of rotatable bonds is 6. The maximum atomic E-state index is 6.37. The molecule has 4 rings (SSSR count). The summed E-state index contributed by atoms with van der Waals surface area (Å²) in [6.07, 6.45) is -0.127. The Bertz CT molecular complexity index is 1090. The van der Waals surface area contributed by atoms with Gasteiger partial charge in [-0.1, -0.05) is 60.7 Å². The van der Waals surface area contributed by atoms with Crippen molar-refractivity contribution in [3.05, 3.63) is 90.0 Å². The molecule has 0 spiro atoms. The fourth-order valence-electron chi connectivity index (χ4n) is 4.09. The molecule has 3 aromatic carbocycles. The minimum atomic E-state index is -0.127. The maximum Gasteiger partial charge on any atom is 0.110 e. The van der Waals surface area contributed by atoms with Gasteiger partial charge in [0.1, 0.15) is 6.10 Å². The van der Waals surface area contributed by atoms with E-state index in [0.717, 1.165) is 0 Å². The highest BCUT2D eigenvalue weighted by Gasteiger charge is 2.25. The molecule has 0 aliphatic rings. The van der Waals surface area contributed by atoms with Crippen LogP contribution >= 0.6 is 0 Å². The van der Waals surface area contributed by atoms with Crippen LogP contribution in [0.4, 0.5) is 5.69 Å². The predicted molar refractivity (Wildman–Crippen MR) is 123 cm³/mol. The van der Waals surface area contributed by atoms with Crippen molar-refractivity contribution in [1.82, 2.24) is 4.57 Å². The Morgan fingerprint density at radius 2 is 1.52 bits per heavy atom. The lowest BCUT2D eigenvalue weighted by Crippen LogP contribution is -2.10. The number of benzene rings is 3. The normalized spacial score (nSPS) is 12.3. The molecule has 1 unspecified atom stereocenters. The van der Waals surface area contributed by atoms with Crippen molar-refractivity contribution < 1.29 is 4.74 Å². The van der Waals surface area contributed by atoms with E-state index in [1.165, 1.54) is 39.0 Å². The molecule has 0 N–H and O–H groups in total. The van der Waals surface area contributed by atoms with Gasteiger partial charge in [-0.3, -0.25) is 0 Å². The molecule has 0 saturated heterocycles. The van der Waals surface area contributed by atoms with E-state index in [-0.39, 0.29) is 6.10 Å². The van der Waals surface area contributed by atoms with E-state index in [0.29, 0.717) is 6.61 Å². The molecule has 0 aliphatic heterocycles. The van der Waals surface area contributed by atoms with Gasteiger partial charge in [0.15, 0.2) is 0 Å². The van der Waals surface area contributed by atoms with Crippen molar-refractivity contribution in [3.8, 4) is 11.3 Å². The van der Waals surface area contributed by atoms with Crippen LogP contribution in [-0.4, -0.2) is 25.3 Å². The fraction of sp³-hybridized carbons (Fsp3) is 0.231. The first-order valence-corrected chi connectivity index (χ1v) is 10.1. The van der Waals surface area contributed by atoms with Gasteiger partial charge in [0, 0.05) is 49.9 Å². The monoisotopic (exact) mass is 384 g/mol. The van der Waals surface area contributed by atoms with Gasteiger partial charge in [0.2, 0.25) is 0 Å². The molecule has 0 bridgehead atoms. The lowest BCUT2D eigenvalue weighted by atomic mass is 9.95. The molecule has 0 amide bonds. The SMILES string of the molecule is CCOC(c1ccc(N(C)C)cc1)c1c(-c2ccccc2)n(C)c2ccccc12. The van der Waals surface area contributed by atoms with Crippen LogP contribution in [0.5, 0.6) is 0 Å². The third kappa shape index (κ3) is 3.54. The molecule has 0 saturated carbocycles. The Hall–Kier alpha value is -3.04. The molecule has 3 nitrogen and oxygen atoms in total. The zero-order valence-electron chi connectivity index (χ0n) is 17.6. The van der Waals surface area contributed by atoms with Crippen molar-refractivity contribution in [2.24, 2.45) is 7.05 Å². The maximum absolute atomic E-state index is 6.37. The summed E-state index contributed by atoms with van der Waals surface area (Å²) in [6, 6.07) is 27.9. The van der Waals surface area contributed by atoms with Gasteiger partial charge < -0.3 is 14.2 Å². The molecule has 1 atom stereocenters. The highest BCUT2D eigenvalue weighted by Crippen LogP contribution is 2.41. The average Bonchev–Trinajstić information content (AvgIpc) is 3.05. The molecule has 0 aliphatic carbocycles. The largest absolute Gasteiger partial charge is 0.378 e.